The van der Waals surface area contributed by atoms with Crippen molar-refractivity contribution in [3.63, 3.8) is 0 Å². The maximum atomic E-state index is 11.2. The van der Waals surface area contributed by atoms with Gasteiger partial charge in [-0.15, -0.1) is 0 Å². The van der Waals surface area contributed by atoms with Crippen LogP contribution in [-0.4, -0.2) is 20.5 Å². The molecule has 4 heteroatoms. The normalized spacial score (nSPS) is 27.1. The number of aryl methyl sites for hydroxylation is 1. The summed E-state index contributed by atoms with van der Waals surface area (Å²) in [4.78, 5) is 15.4. The SMILES string of the molecule is Cn1ncnc1CC1(C)CCC(=O)C1. The van der Waals surface area contributed by atoms with Crippen LogP contribution in [0.5, 0.6) is 0 Å². The Morgan fingerprint density at radius 3 is 2.93 bits per heavy atom. The van der Waals surface area contributed by atoms with E-state index in [2.05, 4.69) is 17.0 Å². The number of aromatic nitrogens is 3. The molecule has 76 valence electrons. The second-order valence-corrected chi connectivity index (χ2v) is 4.50. The maximum Gasteiger partial charge on any atom is 0.138 e. The molecule has 4 nitrogen and oxygen atoms in total. The van der Waals surface area contributed by atoms with Gasteiger partial charge in [0.15, 0.2) is 0 Å². The highest BCUT2D eigenvalue weighted by Gasteiger charge is 2.35. The van der Waals surface area contributed by atoms with E-state index in [-0.39, 0.29) is 5.41 Å². The van der Waals surface area contributed by atoms with Crippen LogP contribution in [0.3, 0.4) is 0 Å². The average molecular weight is 193 g/mol. The Balaban J connectivity index is 2.11. The summed E-state index contributed by atoms with van der Waals surface area (Å²) in [5, 5.41) is 4.03. The molecular weight excluding hydrogens is 178 g/mol. The van der Waals surface area contributed by atoms with E-state index < -0.39 is 0 Å². The van der Waals surface area contributed by atoms with Crippen LogP contribution in [0.15, 0.2) is 6.33 Å². The molecule has 1 saturated carbocycles. The van der Waals surface area contributed by atoms with Gasteiger partial charge in [-0.05, 0) is 11.8 Å². The minimum Gasteiger partial charge on any atom is -0.300 e. The lowest BCUT2D eigenvalue weighted by Gasteiger charge is -2.21. The zero-order chi connectivity index (χ0) is 10.2. The lowest BCUT2D eigenvalue weighted by Crippen LogP contribution is -2.18. The van der Waals surface area contributed by atoms with Gasteiger partial charge in [0.2, 0.25) is 0 Å². The molecule has 1 aromatic rings. The van der Waals surface area contributed by atoms with Gasteiger partial charge in [-0.25, -0.2) is 4.98 Å². The van der Waals surface area contributed by atoms with E-state index in [0.29, 0.717) is 12.2 Å². The van der Waals surface area contributed by atoms with Gasteiger partial charge in [0.1, 0.15) is 17.9 Å². The molecule has 14 heavy (non-hydrogen) atoms. The molecule has 0 saturated heterocycles. The van der Waals surface area contributed by atoms with Crippen molar-refractivity contribution in [3.8, 4) is 0 Å². The van der Waals surface area contributed by atoms with Crippen molar-refractivity contribution >= 4 is 5.78 Å². The Morgan fingerprint density at radius 2 is 2.43 bits per heavy atom. The molecule has 1 heterocycles. The van der Waals surface area contributed by atoms with Gasteiger partial charge in [0.25, 0.3) is 0 Å². The largest absolute Gasteiger partial charge is 0.300 e. The molecule has 0 bridgehead atoms. The number of carbonyl (C=O) groups is 1. The lowest BCUT2D eigenvalue weighted by atomic mass is 9.85. The van der Waals surface area contributed by atoms with Gasteiger partial charge >= 0.3 is 0 Å². The van der Waals surface area contributed by atoms with Crippen molar-refractivity contribution in [2.75, 3.05) is 0 Å². The monoisotopic (exact) mass is 193 g/mol. The van der Waals surface area contributed by atoms with Crippen LogP contribution in [0.2, 0.25) is 0 Å². The van der Waals surface area contributed by atoms with Crippen molar-refractivity contribution in [1.82, 2.24) is 14.8 Å². The minimum atomic E-state index is 0.109. The summed E-state index contributed by atoms with van der Waals surface area (Å²) in [6.07, 6.45) is 4.83. The number of ketones is 1. The first-order valence-electron chi connectivity index (χ1n) is 4.94. The van der Waals surface area contributed by atoms with Crippen LogP contribution >= 0.6 is 0 Å². The predicted octanol–water partition coefficient (Wildman–Crippen LogP) is 1.12. The summed E-state index contributed by atoms with van der Waals surface area (Å²) in [5.41, 5.74) is 0.109. The third-order valence-electron chi connectivity index (χ3n) is 3.02. The van der Waals surface area contributed by atoms with E-state index in [1.807, 2.05) is 7.05 Å². The fourth-order valence-electron chi connectivity index (χ4n) is 2.11. The molecule has 1 atom stereocenters. The Labute approximate surface area is 83.3 Å². The van der Waals surface area contributed by atoms with E-state index in [4.69, 9.17) is 0 Å². The van der Waals surface area contributed by atoms with Crippen LogP contribution in [-0.2, 0) is 18.3 Å². The first-order chi connectivity index (χ1) is 6.59. The molecule has 1 aromatic heterocycles. The number of rotatable bonds is 2. The second kappa shape index (κ2) is 3.19. The molecular formula is C10H15N3O. The number of nitrogens with zero attached hydrogens (tertiary/aromatic N) is 3. The van der Waals surface area contributed by atoms with Gasteiger partial charge in [-0.2, -0.15) is 5.10 Å². The molecule has 2 rings (SSSR count). The Morgan fingerprint density at radius 1 is 1.64 bits per heavy atom. The van der Waals surface area contributed by atoms with E-state index in [1.165, 1.54) is 0 Å². The smallest absolute Gasteiger partial charge is 0.138 e. The van der Waals surface area contributed by atoms with E-state index in [0.717, 1.165) is 25.1 Å². The quantitative estimate of drug-likeness (QED) is 0.707. The summed E-state index contributed by atoms with van der Waals surface area (Å²) >= 11 is 0. The predicted molar refractivity (Wildman–Crippen MR) is 51.7 cm³/mol. The van der Waals surface area contributed by atoms with E-state index >= 15 is 0 Å². The van der Waals surface area contributed by atoms with E-state index in [9.17, 15) is 4.79 Å². The fourth-order valence-corrected chi connectivity index (χ4v) is 2.11. The standard InChI is InChI=1S/C10H15N3O/c1-10(4-3-8(14)5-10)6-9-11-7-12-13(9)2/h7H,3-6H2,1-2H3. The van der Waals surface area contributed by atoms with Crippen LogP contribution in [0, 0.1) is 5.41 Å². The topological polar surface area (TPSA) is 47.8 Å². The van der Waals surface area contributed by atoms with Crippen LogP contribution in [0.25, 0.3) is 0 Å². The third kappa shape index (κ3) is 1.69. The Bertz CT molecular complexity index is 358. The minimum absolute atomic E-state index is 0.109. The summed E-state index contributed by atoms with van der Waals surface area (Å²) in [7, 11) is 1.89. The van der Waals surface area contributed by atoms with Gasteiger partial charge in [-0.1, -0.05) is 6.92 Å². The molecule has 0 spiro atoms. The van der Waals surface area contributed by atoms with Crippen molar-refractivity contribution in [3.05, 3.63) is 12.2 Å². The van der Waals surface area contributed by atoms with Gasteiger partial charge in [-0.3, -0.25) is 9.48 Å². The number of carbonyl (C=O) groups excluding carboxylic acids is 1. The Hall–Kier alpha value is -1.19. The highest BCUT2D eigenvalue weighted by molar-refractivity contribution is 5.81. The fraction of sp³-hybridized carbons (Fsp3) is 0.700. The molecule has 0 amide bonds. The second-order valence-electron chi connectivity index (χ2n) is 4.50. The molecule has 0 aliphatic heterocycles. The molecule has 0 radical (unpaired) electrons. The van der Waals surface area contributed by atoms with Crippen LogP contribution < -0.4 is 0 Å². The molecule has 1 fully saturated rings. The summed E-state index contributed by atoms with van der Waals surface area (Å²) in [6.45, 7) is 2.16. The first-order valence-corrected chi connectivity index (χ1v) is 4.94. The number of hydrogen-bond acceptors (Lipinski definition) is 3. The molecule has 1 aliphatic rings. The third-order valence-corrected chi connectivity index (χ3v) is 3.02. The number of hydrogen-bond donors (Lipinski definition) is 0. The maximum absolute atomic E-state index is 11.2. The van der Waals surface area contributed by atoms with Crippen LogP contribution in [0.4, 0.5) is 0 Å². The first kappa shape index (κ1) is 9.37. The van der Waals surface area contributed by atoms with Gasteiger partial charge in [0.05, 0.1) is 0 Å². The zero-order valence-corrected chi connectivity index (χ0v) is 8.66. The molecule has 1 unspecified atom stereocenters. The van der Waals surface area contributed by atoms with E-state index in [1.54, 1.807) is 11.0 Å². The van der Waals surface area contributed by atoms with Crippen molar-refractivity contribution in [1.29, 1.82) is 0 Å². The lowest BCUT2D eigenvalue weighted by molar-refractivity contribution is -0.117. The highest BCUT2D eigenvalue weighted by Crippen LogP contribution is 2.37. The van der Waals surface area contributed by atoms with Gasteiger partial charge < -0.3 is 0 Å². The Kier molecular flexibility index (Phi) is 2.13. The van der Waals surface area contributed by atoms with Gasteiger partial charge in [0, 0.05) is 26.3 Å². The van der Waals surface area contributed by atoms with Crippen molar-refractivity contribution < 1.29 is 4.79 Å². The van der Waals surface area contributed by atoms with Crippen molar-refractivity contribution in [2.45, 2.75) is 32.6 Å². The molecule has 0 aromatic carbocycles. The highest BCUT2D eigenvalue weighted by atomic mass is 16.1. The summed E-state index contributed by atoms with van der Waals surface area (Å²) < 4.78 is 1.79. The number of Topliss-reactive ketones (excluding diaryl/α,β-unsaturated/α-hetero) is 1. The molecule has 1 aliphatic carbocycles. The summed E-state index contributed by atoms with van der Waals surface area (Å²) in [6, 6.07) is 0. The van der Waals surface area contributed by atoms with Crippen molar-refractivity contribution in [2.24, 2.45) is 12.5 Å². The molecule has 0 N–H and O–H groups in total. The summed E-state index contributed by atoms with van der Waals surface area (Å²) in [5.74, 6) is 1.36. The average Bonchev–Trinajstić information content (AvgIpc) is 2.62. The van der Waals surface area contributed by atoms with Crippen LogP contribution in [0.1, 0.15) is 32.0 Å². The zero-order valence-electron chi connectivity index (χ0n) is 8.66.